The van der Waals surface area contributed by atoms with Crippen molar-refractivity contribution < 1.29 is 9.84 Å². The van der Waals surface area contributed by atoms with Crippen LogP contribution in [-0.4, -0.2) is 17.8 Å². The number of aliphatic hydroxyl groups is 1. The Hall–Kier alpha value is -1.02. The minimum Gasteiger partial charge on any atom is -0.497 e. The van der Waals surface area contributed by atoms with Gasteiger partial charge >= 0.3 is 0 Å². The van der Waals surface area contributed by atoms with Gasteiger partial charge in [-0.05, 0) is 61.3 Å². The lowest BCUT2D eigenvalue weighted by molar-refractivity contribution is -0.0483. The van der Waals surface area contributed by atoms with Crippen LogP contribution in [0.3, 0.4) is 0 Å². The molecule has 17 heavy (non-hydrogen) atoms. The van der Waals surface area contributed by atoms with Crippen LogP contribution in [-0.2, 0) is 0 Å². The van der Waals surface area contributed by atoms with Crippen molar-refractivity contribution in [3.8, 4) is 5.75 Å². The van der Waals surface area contributed by atoms with Gasteiger partial charge in [-0.1, -0.05) is 6.07 Å². The largest absolute Gasteiger partial charge is 0.497 e. The van der Waals surface area contributed by atoms with Gasteiger partial charge in [0.2, 0.25) is 0 Å². The molecule has 0 spiro atoms. The van der Waals surface area contributed by atoms with Crippen molar-refractivity contribution in [2.75, 3.05) is 7.11 Å². The molecule has 1 aromatic rings. The zero-order valence-corrected chi connectivity index (χ0v) is 10.5. The van der Waals surface area contributed by atoms with E-state index in [1.54, 1.807) is 7.11 Å². The van der Waals surface area contributed by atoms with Crippen LogP contribution in [0.1, 0.15) is 43.2 Å². The van der Waals surface area contributed by atoms with E-state index in [1.165, 1.54) is 11.1 Å². The summed E-state index contributed by atoms with van der Waals surface area (Å²) in [6, 6.07) is 6.45. The lowest BCUT2D eigenvalue weighted by Gasteiger charge is -2.45. The van der Waals surface area contributed by atoms with E-state index in [9.17, 15) is 5.11 Å². The number of fused-ring (bicyclic) bond motifs is 4. The molecular formula is C15H18O2. The van der Waals surface area contributed by atoms with Gasteiger partial charge in [-0.2, -0.15) is 0 Å². The molecule has 3 aliphatic carbocycles. The molecular weight excluding hydrogens is 212 g/mol. The second kappa shape index (κ2) is 2.54. The van der Waals surface area contributed by atoms with Gasteiger partial charge < -0.3 is 9.84 Å². The molecule has 0 aromatic heterocycles. The fourth-order valence-electron chi connectivity index (χ4n) is 4.75. The Kier molecular flexibility index (Phi) is 1.48. The smallest absolute Gasteiger partial charge is 0.119 e. The molecule has 0 amide bonds. The van der Waals surface area contributed by atoms with Crippen molar-refractivity contribution in [2.24, 2.45) is 11.3 Å². The number of ether oxygens (including phenoxy) is 1. The Morgan fingerprint density at radius 1 is 1.35 bits per heavy atom. The summed E-state index contributed by atoms with van der Waals surface area (Å²) in [5.74, 6) is 2.94. The first-order valence-corrected chi connectivity index (χ1v) is 6.41. The van der Waals surface area contributed by atoms with E-state index in [2.05, 4.69) is 18.2 Å². The average Bonchev–Trinajstić information content (AvgIpc) is 2.68. The summed E-state index contributed by atoms with van der Waals surface area (Å²) in [4.78, 5) is 0. The predicted molar refractivity (Wildman–Crippen MR) is 65.3 cm³/mol. The van der Waals surface area contributed by atoms with Crippen LogP contribution in [0.4, 0.5) is 0 Å². The maximum atomic E-state index is 10.4. The Labute approximate surface area is 102 Å². The Morgan fingerprint density at radius 3 is 2.76 bits per heavy atom. The summed E-state index contributed by atoms with van der Waals surface area (Å²) in [6.45, 7) is 3.95. The van der Waals surface area contributed by atoms with Crippen LogP contribution < -0.4 is 4.74 Å². The lowest BCUT2D eigenvalue weighted by Crippen LogP contribution is -2.44. The highest BCUT2D eigenvalue weighted by atomic mass is 16.5. The lowest BCUT2D eigenvalue weighted by atomic mass is 9.62. The molecule has 2 heteroatoms. The number of methoxy groups -OCH3 is 1. The van der Waals surface area contributed by atoms with Gasteiger partial charge in [0, 0.05) is 5.41 Å². The molecule has 0 saturated heterocycles. The molecule has 1 N–H and O–H groups in total. The fourth-order valence-corrected chi connectivity index (χ4v) is 4.75. The van der Waals surface area contributed by atoms with Gasteiger partial charge in [0.1, 0.15) is 5.75 Å². The SMILES string of the molecule is COc1ccc2c(c1)[C@@H]1C[C@@]3(C(C)(C)O)[C@H]1[C@@H]23. The van der Waals surface area contributed by atoms with Crippen LogP contribution in [0.5, 0.6) is 5.75 Å². The Morgan fingerprint density at radius 2 is 2.12 bits per heavy atom. The zero-order chi connectivity index (χ0) is 12.0. The van der Waals surface area contributed by atoms with E-state index in [-0.39, 0.29) is 5.41 Å². The molecule has 3 aliphatic rings. The normalized spacial score (nSPS) is 40.4. The predicted octanol–water partition coefficient (Wildman–Crippen LogP) is 2.67. The minimum atomic E-state index is -0.531. The highest BCUT2D eigenvalue weighted by molar-refractivity contribution is 5.59. The fraction of sp³-hybridized carbons (Fsp3) is 0.600. The van der Waals surface area contributed by atoms with E-state index in [1.807, 2.05) is 13.8 Å². The molecule has 90 valence electrons. The summed E-state index contributed by atoms with van der Waals surface area (Å²) in [5, 5.41) is 10.4. The van der Waals surface area contributed by atoms with E-state index in [0.717, 1.165) is 12.2 Å². The number of hydrogen-bond donors (Lipinski definition) is 1. The highest BCUT2D eigenvalue weighted by Gasteiger charge is 2.83. The first-order chi connectivity index (χ1) is 8.00. The standard InChI is InChI=1S/C15H18O2/c1-14(2,16)15-7-11-10-6-8(17-3)4-5-9(10)12(15)13(11)15/h4-6,11-13,16H,7H2,1-3H3/t11-,12+,13+,15-/m0/s1. The molecule has 4 rings (SSSR count). The second-order valence-electron chi connectivity index (χ2n) is 6.41. The Bertz CT molecular complexity index is 514. The minimum absolute atomic E-state index is 0.194. The Balaban J connectivity index is 1.79. The molecule has 0 unspecified atom stereocenters. The molecule has 2 saturated carbocycles. The third kappa shape index (κ3) is 0.866. The van der Waals surface area contributed by atoms with E-state index >= 15 is 0 Å². The number of hydrogen-bond acceptors (Lipinski definition) is 2. The molecule has 0 radical (unpaired) electrons. The van der Waals surface area contributed by atoms with Crippen molar-refractivity contribution in [1.82, 2.24) is 0 Å². The van der Waals surface area contributed by atoms with Gasteiger partial charge in [0.25, 0.3) is 0 Å². The summed E-state index contributed by atoms with van der Waals surface area (Å²) in [5.41, 5.74) is 2.61. The van der Waals surface area contributed by atoms with Crippen LogP contribution in [0.15, 0.2) is 18.2 Å². The second-order valence-corrected chi connectivity index (χ2v) is 6.41. The van der Waals surface area contributed by atoms with Gasteiger partial charge in [-0.15, -0.1) is 0 Å². The van der Waals surface area contributed by atoms with E-state index in [4.69, 9.17) is 4.74 Å². The summed E-state index contributed by atoms with van der Waals surface area (Å²) < 4.78 is 5.30. The van der Waals surface area contributed by atoms with Crippen molar-refractivity contribution >= 4 is 0 Å². The molecule has 1 aromatic carbocycles. The van der Waals surface area contributed by atoms with E-state index < -0.39 is 5.60 Å². The molecule has 4 atom stereocenters. The van der Waals surface area contributed by atoms with Crippen molar-refractivity contribution in [3.63, 3.8) is 0 Å². The van der Waals surface area contributed by atoms with Crippen molar-refractivity contribution in [2.45, 2.75) is 37.7 Å². The van der Waals surface area contributed by atoms with Gasteiger partial charge in [0.05, 0.1) is 12.7 Å². The molecule has 2 nitrogen and oxygen atoms in total. The molecule has 2 fully saturated rings. The van der Waals surface area contributed by atoms with Crippen LogP contribution in [0.25, 0.3) is 0 Å². The topological polar surface area (TPSA) is 29.5 Å². The number of rotatable bonds is 2. The summed E-state index contributed by atoms with van der Waals surface area (Å²) >= 11 is 0. The quantitative estimate of drug-likeness (QED) is 0.846. The highest BCUT2D eigenvalue weighted by Crippen LogP contribution is 2.89. The average molecular weight is 230 g/mol. The summed E-state index contributed by atoms with van der Waals surface area (Å²) in [6.07, 6.45) is 1.16. The maximum absolute atomic E-state index is 10.4. The van der Waals surface area contributed by atoms with Crippen LogP contribution in [0.2, 0.25) is 0 Å². The maximum Gasteiger partial charge on any atom is 0.119 e. The first-order valence-electron chi connectivity index (χ1n) is 6.41. The molecule has 0 bridgehead atoms. The van der Waals surface area contributed by atoms with E-state index in [0.29, 0.717) is 17.8 Å². The summed E-state index contributed by atoms with van der Waals surface area (Å²) in [7, 11) is 1.72. The number of benzene rings is 1. The molecule has 0 aliphatic heterocycles. The van der Waals surface area contributed by atoms with Crippen LogP contribution in [0, 0.1) is 11.3 Å². The zero-order valence-electron chi connectivity index (χ0n) is 10.5. The van der Waals surface area contributed by atoms with Crippen molar-refractivity contribution in [1.29, 1.82) is 0 Å². The first kappa shape index (κ1) is 9.95. The van der Waals surface area contributed by atoms with Gasteiger partial charge in [-0.3, -0.25) is 0 Å². The van der Waals surface area contributed by atoms with Crippen molar-refractivity contribution in [3.05, 3.63) is 29.3 Å². The third-order valence-electron chi connectivity index (χ3n) is 5.56. The van der Waals surface area contributed by atoms with Gasteiger partial charge in [0.15, 0.2) is 0 Å². The van der Waals surface area contributed by atoms with Crippen LogP contribution >= 0.6 is 0 Å². The monoisotopic (exact) mass is 230 g/mol. The third-order valence-corrected chi connectivity index (χ3v) is 5.56. The molecule has 0 heterocycles. The van der Waals surface area contributed by atoms with Gasteiger partial charge in [-0.25, -0.2) is 0 Å².